The van der Waals surface area contributed by atoms with E-state index in [1.165, 1.54) is 22.9 Å². The molecule has 0 atom stereocenters. The number of imide groups is 1. The van der Waals surface area contributed by atoms with Crippen LogP contribution in [0.4, 0.5) is 11.4 Å². The fraction of sp³-hybridized carbons (Fsp3) is 0.100. The first kappa shape index (κ1) is 26.5. The lowest BCUT2D eigenvalue weighted by atomic mass is 10.1. The standard InChI is InChI=1S/C30H24BrN3O4S/c31-21-9-11-23(12-10-21)33-27-28(30(37)34(29(27)36)19-24-7-4-18-38-24)39-25-15-13-22(14-16-25)32-26(35)17-8-20-5-2-1-3-6-20/h1-7,9-16,18,33H,8,17,19H2,(H,32,35). The summed E-state index contributed by atoms with van der Waals surface area (Å²) in [5.41, 5.74) is 2.66. The summed E-state index contributed by atoms with van der Waals surface area (Å²) in [7, 11) is 0. The Balaban J connectivity index is 1.30. The third kappa shape index (κ3) is 6.68. The fourth-order valence-corrected chi connectivity index (χ4v) is 5.20. The Labute approximate surface area is 238 Å². The maximum atomic E-state index is 13.4. The molecule has 3 amide bonds. The van der Waals surface area contributed by atoms with Gasteiger partial charge in [0.05, 0.1) is 12.8 Å². The molecule has 7 nitrogen and oxygen atoms in total. The van der Waals surface area contributed by atoms with Crippen molar-refractivity contribution in [3.8, 4) is 0 Å². The van der Waals surface area contributed by atoms with Gasteiger partial charge in [-0.2, -0.15) is 0 Å². The lowest BCUT2D eigenvalue weighted by Gasteiger charge is -2.13. The summed E-state index contributed by atoms with van der Waals surface area (Å²) in [6.45, 7) is 0.0359. The molecule has 3 aromatic carbocycles. The molecule has 5 rings (SSSR count). The molecule has 0 fully saturated rings. The van der Waals surface area contributed by atoms with Gasteiger partial charge < -0.3 is 15.1 Å². The van der Waals surface area contributed by atoms with Crippen molar-refractivity contribution in [1.82, 2.24) is 4.90 Å². The van der Waals surface area contributed by atoms with Gasteiger partial charge in [0.25, 0.3) is 11.8 Å². The van der Waals surface area contributed by atoms with Crippen LogP contribution >= 0.6 is 27.7 Å². The second-order valence-electron chi connectivity index (χ2n) is 8.77. The number of aryl methyl sites for hydroxylation is 1. The van der Waals surface area contributed by atoms with Crippen molar-refractivity contribution in [3.05, 3.63) is 124 Å². The van der Waals surface area contributed by atoms with E-state index in [0.717, 1.165) is 14.9 Å². The van der Waals surface area contributed by atoms with E-state index in [2.05, 4.69) is 26.6 Å². The van der Waals surface area contributed by atoms with E-state index in [-0.39, 0.29) is 23.1 Å². The third-order valence-electron chi connectivity index (χ3n) is 5.97. The number of halogens is 1. The van der Waals surface area contributed by atoms with Gasteiger partial charge in [-0.05, 0) is 72.6 Å². The van der Waals surface area contributed by atoms with Crippen LogP contribution < -0.4 is 10.6 Å². The molecule has 0 saturated carbocycles. The van der Waals surface area contributed by atoms with Crippen LogP contribution in [-0.4, -0.2) is 22.6 Å². The predicted molar refractivity (Wildman–Crippen MR) is 155 cm³/mol. The largest absolute Gasteiger partial charge is 0.467 e. The number of nitrogens with zero attached hydrogens (tertiary/aromatic N) is 1. The number of benzene rings is 3. The van der Waals surface area contributed by atoms with Crippen molar-refractivity contribution >= 4 is 56.8 Å². The van der Waals surface area contributed by atoms with Crippen LogP contribution in [0.5, 0.6) is 0 Å². The SMILES string of the molecule is O=C(CCc1ccccc1)Nc1ccc(SC2=C(Nc3ccc(Br)cc3)C(=O)N(Cc3ccco3)C2=O)cc1. The molecule has 0 saturated heterocycles. The Morgan fingerprint density at radius 3 is 2.26 bits per heavy atom. The molecule has 0 unspecified atom stereocenters. The number of anilines is 2. The normalized spacial score (nSPS) is 13.2. The van der Waals surface area contributed by atoms with Gasteiger partial charge in [-0.15, -0.1) is 0 Å². The molecule has 0 bridgehead atoms. The van der Waals surface area contributed by atoms with Crippen LogP contribution in [-0.2, 0) is 27.3 Å². The number of rotatable bonds is 10. The number of amides is 3. The topological polar surface area (TPSA) is 91.7 Å². The minimum absolute atomic E-state index is 0.0359. The van der Waals surface area contributed by atoms with Crippen LogP contribution in [0.3, 0.4) is 0 Å². The molecular weight excluding hydrogens is 578 g/mol. The second-order valence-corrected chi connectivity index (χ2v) is 10.8. The summed E-state index contributed by atoms with van der Waals surface area (Å²) in [5, 5.41) is 6.04. The second kappa shape index (κ2) is 12.2. The molecule has 1 aromatic heterocycles. The average Bonchev–Trinajstić information content (AvgIpc) is 3.54. The molecule has 2 heterocycles. The summed E-state index contributed by atoms with van der Waals surface area (Å²) in [6, 6.07) is 27.8. The third-order valence-corrected chi connectivity index (χ3v) is 7.59. The van der Waals surface area contributed by atoms with Gasteiger partial charge in [0.2, 0.25) is 5.91 Å². The molecule has 1 aliphatic rings. The first-order valence-electron chi connectivity index (χ1n) is 12.2. The number of furan rings is 1. The monoisotopic (exact) mass is 601 g/mol. The zero-order valence-corrected chi connectivity index (χ0v) is 23.1. The highest BCUT2D eigenvalue weighted by molar-refractivity contribution is 9.10. The molecule has 4 aromatic rings. The first-order valence-corrected chi connectivity index (χ1v) is 13.8. The van der Waals surface area contributed by atoms with Crippen LogP contribution in [0.15, 0.2) is 122 Å². The van der Waals surface area contributed by atoms with Crippen molar-refractivity contribution in [3.63, 3.8) is 0 Å². The van der Waals surface area contributed by atoms with E-state index in [0.29, 0.717) is 30.0 Å². The first-order chi connectivity index (χ1) is 19.0. The number of nitrogens with one attached hydrogen (secondary N) is 2. The molecule has 0 radical (unpaired) electrons. The zero-order chi connectivity index (χ0) is 27.2. The van der Waals surface area contributed by atoms with E-state index in [9.17, 15) is 14.4 Å². The van der Waals surface area contributed by atoms with Gasteiger partial charge in [-0.3, -0.25) is 19.3 Å². The molecule has 0 spiro atoms. The van der Waals surface area contributed by atoms with Gasteiger partial charge in [0.15, 0.2) is 0 Å². The van der Waals surface area contributed by atoms with Crippen molar-refractivity contribution in [2.75, 3.05) is 10.6 Å². The molecule has 196 valence electrons. The van der Waals surface area contributed by atoms with Crippen molar-refractivity contribution in [1.29, 1.82) is 0 Å². The zero-order valence-electron chi connectivity index (χ0n) is 20.7. The Morgan fingerprint density at radius 2 is 1.56 bits per heavy atom. The van der Waals surface area contributed by atoms with E-state index in [4.69, 9.17) is 4.42 Å². The van der Waals surface area contributed by atoms with Crippen molar-refractivity contribution in [2.24, 2.45) is 0 Å². The van der Waals surface area contributed by atoms with Crippen molar-refractivity contribution in [2.45, 2.75) is 24.3 Å². The highest BCUT2D eigenvalue weighted by atomic mass is 79.9. The Hall–Kier alpha value is -4.08. The van der Waals surface area contributed by atoms with Gasteiger partial charge in [0, 0.05) is 27.2 Å². The van der Waals surface area contributed by atoms with Crippen LogP contribution in [0.25, 0.3) is 0 Å². The maximum absolute atomic E-state index is 13.4. The van der Waals surface area contributed by atoms with Gasteiger partial charge in [-0.1, -0.05) is 58.0 Å². The quantitative estimate of drug-likeness (QED) is 0.199. The Kier molecular flexibility index (Phi) is 8.29. The summed E-state index contributed by atoms with van der Waals surface area (Å²) in [6.07, 6.45) is 2.54. The molecule has 9 heteroatoms. The number of thioether (sulfide) groups is 1. The smallest absolute Gasteiger partial charge is 0.278 e. The fourth-order valence-electron chi connectivity index (χ4n) is 3.99. The average molecular weight is 603 g/mol. The lowest BCUT2D eigenvalue weighted by Crippen LogP contribution is -2.31. The summed E-state index contributed by atoms with van der Waals surface area (Å²) >= 11 is 4.61. The number of carbonyl (C=O) groups is 3. The highest BCUT2D eigenvalue weighted by Crippen LogP contribution is 2.37. The Bertz CT molecular complexity index is 1500. The van der Waals surface area contributed by atoms with E-state index in [1.54, 1.807) is 24.3 Å². The Morgan fingerprint density at radius 1 is 0.846 bits per heavy atom. The summed E-state index contributed by atoms with van der Waals surface area (Å²) < 4.78 is 6.27. The van der Waals surface area contributed by atoms with Gasteiger partial charge in [-0.25, -0.2) is 0 Å². The predicted octanol–water partition coefficient (Wildman–Crippen LogP) is 6.60. The van der Waals surface area contributed by atoms with E-state index in [1.807, 2.05) is 66.7 Å². The summed E-state index contributed by atoms with van der Waals surface area (Å²) in [4.78, 5) is 41.3. The minimum Gasteiger partial charge on any atom is -0.467 e. The summed E-state index contributed by atoms with van der Waals surface area (Å²) in [5.74, 6) is -0.394. The van der Waals surface area contributed by atoms with E-state index < -0.39 is 11.8 Å². The van der Waals surface area contributed by atoms with Gasteiger partial charge >= 0.3 is 0 Å². The number of carbonyl (C=O) groups excluding carboxylic acids is 3. The highest BCUT2D eigenvalue weighted by Gasteiger charge is 2.39. The molecule has 39 heavy (non-hydrogen) atoms. The lowest BCUT2D eigenvalue weighted by molar-refractivity contribution is -0.138. The maximum Gasteiger partial charge on any atom is 0.278 e. The minimum atomic E-state index is -0.427. The van der Waals surface area contributed by atoms with E-state index >= 15 is 0 Å². The van der Waals surface area contributed by atoms with Crippen LogP contribution in [0, 0.1) is 0 Å². The van der Waals surface area contributed by atoms with Crippen molar-refractivity contribution < 1.29 is 18.8 Å². The number of hydrogen-bond acceptors (Lipinski definition) is 6. The molecule has 2 N–H and O–H groups in total. The molecular formula is C30H24BrN3O4S. The molecule has 0 aliphatic carbocycles. The molecule has 1 aliphatic heterocycles. The number of hydrogen-bond donors (Lipinski definition) is 2. The van der Waals surface area contributed by atoms with Crippen LogP contribution in [0.2, 0.25) is 0 Å². The van der Waals surface area contributed by atoms with Gasteiger partial charge in [0.1, 0.15) is 16.4 Å². The van der Waals surface area contributed by atoms with Crippen LogP contribution in [0.1, 0.15) is 17.7 Å².